The Hall–Kier alpha value is -3.07. The van der Waals surface area contributed by atoms with Gasteiger partial charge in [-0.2, -0.15) is 0 Å². The number of hydrogen-bond donors (Lipinski definition) is 2. The van der Waals surface area contributed by atoms with E-state index >= 15 is 0 Å². The minimum Gasteiger partial charge on any atom is -0.467 e. The summed E-state index contributed by atoms with van der Waals surface area (Å²) in [6.45, 7) is 0.868. The van der Waals surface area contributed by atoms with Gasteiger partial charge in [-0.25, -0.2) is 0 Å². The van der Waals surface area contributed by atoms with Crippen molar-refractivity contribution in [3.63, 3.8) is 0 Å². The zero-order chi connectivity index (χ0) is 23.0. The van der Waals surface area contributed by atoms with Crippen LogP contribution in [0.1, 0.15) is 62.5 Å². The van der Waals surface area contributed by atoms with Gasteiger partial charge in [0, 0.05) is 19.2 Å². The van der Waals surface area contributed by atoms with Crippen molar-refractivity contribution in [2.24, 2.45) is 0 Å². The summed E-state index contributed by atoms with van der Waals surface area (Å²) in [5, 5.41) is 5.66. The number of nitrogens with one attached hydrogen (secondary N) is 2. The summed E-state index contributed by atoms with van der Waals surface area (Å²) in [7, 11) is 0. The maximum Gasteiger partial charge on any atom is 0.313 e. The molecule has 4 rings (SSSR count). The van der Waals surface area contributed by atoms with Crippen molar-refractivity contribution in [1.82, 2.24) is 15.5 Å². The summed E-state index contributed by atoms with van der Waals surface area (Å²) in [5.74, 6) is -1.06. The van der Waals surface area contributed by atoms with Crippen LogP contribution in [-0.4, -0.2) is 47.9 Å². The molecule has 0 aromatic carbocycles. The van der Waals surface area contributed by atoms with E-state index in [4.69, 9.17) is 13.6 Å². The molecule has 9 nitrogen and oxygen atoms in total. The van der Waals surface area contributed by atoms with Gasteiger partial charge in [0.1, 0.15) is 11.5 Å². The first-order valence-corrected chi connectivity index (χ1v) is 11.7. The van der Waals surface area contributed by atoms with Gasteiger partial charge < -0.3 is 29.1 Å². The second-order valence-electron chi connectivity index (χ2n) is 8.62. The van der Waals surface area contributed by atoms with Crippen molar-refractivity contribution in [2.45, 2.75) is 69.7 Å². The quantitative estimate of drug-likeness (QED) is 0.589. The molecule has 2 atom stereocenters. The zero-order valence-corrected chi connectivity index (χ0v) is 18.7. The molecule has 1 aliphatic heterocycles. The highest BCUT2D eigenvalue weighted by atomic mass is 16.5. The molecule has 2 N–H and O–H groups in total. The molecule has 3 heterocycles. The number of nitrogens with zero attached hydrogens (tertiary/aromatic N) is 1. The average Bonchev–Trinajstić information content (AvgIpc) is 3.62. The Labute approximate surface area is 192 Å². The molecule has 0 bridgehead atoms. The van der Waals surface area contributed by atoms with Crippen molar-refractivity contribution < 1.29 is 28.0 Å². The molecule has 1 aliphatic carbocycles. The molecule has 2 aromatic heterocycles. The molecule has 2 fully saturated rings. The molecule has 2 aromatic rings. The lowest BCUT2D eigenvalue weighted by molar-refractivity contribution is -0.152. The van der Waals surface area contributed by atoms with Crippen LogP contribution in [0.25, 0.3) is 0 Å². The monoisotopic (exact) mass is 457 g/mol. The number of carbonyl (C=O) groups excluding carboxylic acids is 3. The molecule has 0 unspecified atom stereocenters. The maximum absolute atomic E-state index is 13.4. The lowest BCUT2D eigenvalue weighted by atomic mass is 9.95. The molecule has 1 saturated carbocycles. The van der Waals surface area contributed by atoms with Gasteiger partial charge in [-0.3, -0.25) is 14.4 Å². The predicted octanol–water partition coefficient (Wildman–Crippen LogP) is 2.69. The van der Waals surface area contributed by atoms with Gasteiger partial charge in [-0.05, 0) is 49.9 Å². The molecule has 2 aliphatic rings. The van der Waals surface area contributed by atoms with Gasteiger partial charge in [0.15, 0.2) is 6.04 Å². The first-order valence-electron chi connectivity index (χ1n) is 11.7. The van der Waals surface area contributed by atoms with Crippen LogP contribution in [0, 0.1) is 0 Å². The third kappa shape index (κ3) is 6.04. The Bertz CT molecular complexity index is 899. The van der Waals surface area contributed by atoms with Crippen molar-refractivity contribution in [3.05, 3.63) is 48.3 Å². The lowest BCUT2D eigenvalue weighted by Crippen LogP contribution is -2.52. The zero-order valence-electron chi connectivity index (χ0n) is 18.7. The molecule has 178 valence electrons. The Morgan fingerprint density at radius 3 is 2.45 bits per heavy atom. The van der Waals surface area contributed by atoms with Crippen LogP contribution in [0.15, 0.2) is 45.6 Å². The minimum atomic E-state index is -1.11. The maximum atomic E-state index is 13.4. The van der Waals surface area contributed by atoms with Crippen molar-refractivity contribution in [3.8, 4) is 0 Å². The summed E-state index contributed by atoms with van der Waals surface area (Å²) >= 11 is 0. The van der Waals surface area contributed by atoms with Crippen LogP contribution >= 0.6 is 0 Å². The Morgan fingerprint density at radius 1 is 1.00 bits per heavy atom. The first kappa shape index (κ1) is 23.1. The fourth-order valence-corrected chi connectivity index (χ4v) is 4.49. The van der Waals surface area contributed by atoms with E-state index < -0.39 is 23.8 Å². The second-order valence-corrected chi connectivity index (χ2v) is 8.62. The Balaban J connectivity index is 1.54. The van der Waals surface area contributed by atoms with Crippen LogP contribution in [0.4, 0.5) is 0 Å². The standard InChI is InChI=1S/C24H31N3O6/c28-22(25-15-18-9-4-12-31-18)21(20-11-6-14-33-20)27(16-19-10-5-13-32-19)24(30)23(29)26-17-7-2-1-3-8-17/h4,6,9,11-12,14,17,19,21H,1-3,5,7-8,10,13,15-16H2,(H,25,28)(H,26,29)/t19-,21-/m1/s1. The van der Waals surface area contributed by atoms with E-state index in [-0.39, 0.29) is 31.0 Å². The van der Waals surface area contributed by atoms with Gasteiger partial charge in [-0.15, -0.1) is 0 Å². The van der Waals surface area contributed by atoms with Crippen LogP contribution in [0.5, 0.6) is 0 Å². The van der Waals surface area contributed by atoms with E-state index in [0.29, 0.717) is 12.4 Å². The van der Waals surface area contributed by atoms with Gasteiger partial charge in [-0.1, -0.05) is 19.3 Å². The number of ether oxygens (including phenoxy) is 1. The van der Waals surface area contributed by atoms with Crippen LogP contribution in [-0.2, 0) is 25.7 Å². The molecule has 3 amide bonds. The summed E-state index contributed by atoms with van der Waals surface area (Å²) < 4.78 is 16.5. The van der Waals surface area contributed by atoms with E-state index in [2.05, 4.69) is 10.6 Å². The highest BCUT2D eigenvalue weighted by Crippen LogP contribution is 2.26. The summed E-state index contributed by atoms with van der Waals surface area (Å²) in [6.07, 6.45) is 9.27. The average molecular weight is 458 g/mol. The van der Waals surface area contributed by atoms with Crippen molar-refractivity contribution >= 4 is 17.7 Å². The van der Waals surface area contributed by atoms with E-state index in [1.54, 1.807) is 24.3 Å². The highest BCUT2D eigenvalue weighted by molar-refractivity contribution is 6.35. The van der Waals surface area contributed by atoms with Gasteiger partial charge in [0.05, 0.1) is 25.2 Å². The molecular weight excluding hydrogens is 426 g/mol. The van der Waals surface area contributed by atoms with Gasteiger partial charge in [0.25, 0.3) is 5.91 Å². The molecule has 1 saturated heterocycles. The SMILES string of the molecule is O=C(NC1CCCCC1)C(=O)N(C[C@H]1CCCO1)[C@@H](C(=O)NCc1ccco1)c1ccco1. The fraction of sp³-hybridized carbons (Fsp3) is 0.542. The van der Waals surface area contributed by atoms with Crippen LogP contribution in [0.3, 0.4) is 0 Å². The number of carbonyl (C=O) groups is 3. The van der Waals surface area contributed by atoms with Gasteiger partial charge in [0.2, 0.25) is 0 Å². The topological polar surface area (TPSA) is 114 Å². The second kappa shape index (κ2) is 11.2. The summed E-state index contributed by atoms with van der Waals surface area (Å²) in [6, 6.07) is 5.63. The highest BCUT2D eigenvalue weighted by Gasteiger charge is 2.39. The van der Waals surface area contributed by atoms with E-state index in [1.807, 2.05) is 0 Å². The Morgan fingerprint density at radius 2 is 1.79 bits per heavy atom. The summed E-state index contributed by atoms with van der Waals surface area (Å²) in [5.41, 5.74) is 0. The first-order chi connectivity index (χ1) is 16.1. The Kier molecular flexibility index (Phi) is 7.83. The van der Waals surface area contributed by atoms with E-state index in [9.17, 15) is 14.4 Å². The smallest absolute Gasteiger partial charge is 0.313 e. The molecule has 0 radical (unpaired) electrons. The van der Waals surface area contributed by atoms with E-state index in [0.717, 1.165) is 44.9 Å². The number of hydrogen-bond acceptors (Lipinski definition) is 6. The number of amides is 3. The molecule has 33 heavy (non-hydrogen) atoms. The van der Waals surface area contributed by atoms with Gasteiger partial charge >= 0.3 is 11.8 Å². The van der Waals surface area contributed by atoms with Crippen molar-refractivity contribution in [1.29, 1.82) is 0 Å². The lowest BCUT2D eigenvalue weighted by Gasteiger charge is -2.32. The van der Waals surface area contributed by atoms with E-state index in [1.165, 1.54) is 17.4 Å². The molecule has 0 spiro atoms. The van der Waals surface area contributed by atoms with Crippen LogP contribution < -0.4 is 10.6 Å². The third-order valence-electron chi connectivity index (χ3n) is 6.21. The fourth-order valence-electron chi connectivity index (χ4n) is 4.49. The predicted molar refractivity (Wildman–Crippen MR) is 118 cm³/mol. The molecular formula is C24H31N3O6. The summed E-state index contributed by atoms with van der Waals surface area (Å²) in [4.78, 5) is 40.9. The normalized spacial score (nSPS) is 19.7. The number of furan rings is 2. The van der Waals surface area contributed by atoms with Crippen molar-refractivity contribution in [2.75, 3.05) is 13.2 Å². The third-order valence-corrected chi connectivity index (χ3v) is 6.21. The molecule has 9 heteroatoms. The largest absolute Gasteiger partial charge is 0.467 e. The van der Waals surface area contributed by atoms with Crippen LogP contribution in [0.2, 0.25) is 0 Å². The number of rotatable bonds is 8. The minimum absolute atomic E-state index is 0.0189.